The summed E-state index contributed by atoms with van der Waals surface area (Å²) in [5.41, 5.74) is 2.91. The molecule has 0 aliphatic carbocycles. The first kappa shape index (κ1) is 16.0. The van der Waals surface area contributed by atoms with Crippen molar-refractivity contribution in [2.24, 2.45) is 0 Å². The SMILES string of the molecule is CNCC(=O)Nc1ccc(OC(C)c2ccccc2)cc1C. The Hall–Kier alpha value is -2.33. The molecule has 0 bridgehead atoms. The van der Waals surface area contributed by atoms with E-state index < -0.39 is 0 Å². The second-order valence-electron chi connectivity index (χ2n) is 5.23. The van der Waals surface area contributed by atoms with Crippen LogP contribution in [0, 0.1) is 6.92 Å². The Morgan fingerprint density at radius 1 is 1.18 bits per heavy atom. The number of amides is 1. The third-order valence-electron chi connectivity index (χ3n) is 3.39. The van der Waals surface area contributed by atoms with Crippen LogP contribution in [0.2, 0.25) is 0 Å². The van der Waals surface area contributed by atoms with Gasteiger partial charge < -0.3 is 15.4 Å². The van der Waals surface area contributed by atoms with Gasteiger partial charge in [0.05, 0.1) is 6.54 Å². The Labute approximate surface area is 131 Å². The van der Waals surface area contributed by atoms with Gasteiger partial charge in [0.1, 0.15) is 11.9 Å². The first-order chi connectivity index (χ1) is 10.6. The van der Waals surface area contributed by atoms with Gasteiger partial charge in [0, 0.05) is 5.69 Å². The van der Waals surface area contributed by atoms with Crippen LogP contribution < -0.4 is 15.4 Å². The average Bonchev–Trinajstić information content (AvgIpc) is 2.51. The number of aryl methyl sites for hydroxylation is 1. The molecule has 1 atom stereocenters. The molecule has 116 valence electrons. The van der Waals surface area contributed by atoms with Gasteiger partial charge in [0.15, 0.2) is 0 Å². The van der Waals surface area contributed by atoms with Crippen molar-refractivity contribution < 1.29 is 9.53 Å². The monoisotopic (exact) mass is 298 g/mol. The largest absolute Gasteiger partial charge is 0.486 e. The molecule has 2 aromatic rings. The fourth-order valence-corrected chi connectivity index (χ4v) is 2.20. The van der Waals surface area contributed by atoms with Gasteiger partial charge in [-0.2, -0.15) is 0 Å². The van der Waals surface area contributed by atoms with E-state index in [-0.39, 0.29) is 12.0 Å². The van der Waals surface area contributed by atoms with E-state index in [0.29, 0.717) is 6.54 Å². The van der Waals surface area contributed by atoms with Crippen molar-refractivity contribution in [1.82, 2.24) is 5.32 Å². The Morgan fingerprint density at radius 3 is 2.55 bits per heavy atom. The van der Waals surface area contributed by atoms with Crippen molar-refractivity contribution in [2.45, 2.75) is 20.0 Å². The number of anilines is 1. The Balaban J connectivity index is 2.04. The molecule has 0 fully saturated rings. The van der Waals surface area contributed by atoms with Crippen molar-refractivity contribution in [3.63, 3.8) is 0 Å². The highest BCUT2D eigenvalue weighted by atomic mass is 16.5. The molecule has 0 aliphatic rings. The lowest BCUT2D eigenvalue weighted by Crippen LogP contribution is -2.25. The molecule has 0 heterocycles. The summed E-state index contributed by atoms with van der Waals surface area (Å²) >= 11 is 0. The quantitative estimate of drug-likeness (QED) is 0.860. The number of rotatable bonds is 6. The zero-order valence-corrected chi connectivity index (χ0v) is 13.2. The van der Waals surface area contributed by atoms with Crippen LogP contribution >= 0.6 is 0 Å². The van der Waals surface area contributed by atoms with Crippen LogP contribution in [0.5, 0.6) is 5.75 Å². The number of benzene rings is 2. The molecule has 0 aromatic heterocycles. The predicted octanol–water partition coefficient (Wildman–Crippen LogP) is 3.29. The maximum atomic E-state index is 11.6. The van der Waals surface area contributed by atoms with Crippen LogP contribution in [0.3, 0.4) is 0 Å². The van der Waals surface area contributed by atoms with Crippen molar-refractivity contribution >= 4 is 11.6 Å². The molecule has 1 amide bonds. The molecule has 0 radical (unpaired) electrons. The Morgan fingerprint density at radius 2 is 1.91 bits per heavy atom. The standard InChI is InChI=1S/C18H22N2O2/c1-13-11-16(9-10-17(13)20-18(21)12-19-3)22-14(2)15-7-5-4-6-8-15/h4-11,14,19H,12H2,1-3H3,(H,20,21). The second kappa shape index (κ2) is 7.61. The third kappa shape index (κ3) is 4.33. The Kier molecular flexibility index (Phi) is 5.55. The van der Waals surface area contributed by atoms with E-state index in [1.165, 1.54) is 0 Å². The van der Waals surface area contributed by atoms with Gasteiger partial charge in [-0.25, -0.2) is 0 Å². The molecule has 4 heteroatoms. The number of hydrogen-bond acceptors (Lipinski definition) is 3. The van der Waals surface area contributed by atoms with Gasteiger partial charge in [-0.1, -0.05) is 30.3 Å². The normalized spacial score (nSPS) is 11.8. The van der Waals surface area contributed by atoms with Gasteiger partial charge in [-0.05, 0) is 50.2 Å². The molecule has 22 heavy (non-hydrogen) atoms. The first-order valence-electron chi connectivity index (χ1n) is 7.37. The van der Waals surface area contributed by atoms with Crippen LogP contribution in [0.15, 0.2) is 48.5 Å². The maximum Gasteiger partial charge on any atom is 0.238 e. The minimum Gasteiger partial charge on any atom is -0.486 e. The lowest BCUT2D eigenvalue weighted by Gasteiger charge is -2.16. The minimum absolute atomic E-state index is 0.0228. The highest BCUT2D eigenvalue weighted by molar-refractivity contribution is 5.93. The van der Waals surface area contributed by atoms with Crippen LogP contribution in [0.25, 0.3) is 0 Å². The molecule has 0 aliphatic heterocycles. The summed E-state index contributed by atoms with van der Waals surface area (Å²) in [4.78, 5) is 11.6. The fourth-order valence-electron chi connectivity index (χ4n) is 2.20. The summed E-state index contributed by atoms with van der Waals surface area (Å²) in [5.74, 6) is 0.734. The lowest BCUT2D eigenvalue weighted by molar-refractivity contribution is -0.115. The van der Waals surface area contributed by atoms with E-state index in [1.54, 1.807) is 7.05 Å². The summed E-state index contributed by atoms with van der Waals surface area (Å²) in [7, 11) is 1.74. The highest BCUT2D eigenvalue weighted by Gasteiger charge is 2.09. The lowest BCUT2D eigenvalue weighted by atomic mass is 10.1. The van der Waals surface area contributed by atoms with E-state index in [0.717, 1.165) is 22.6 Å². The number of hydrogen-bond donors (Lipinski definition) is 2. The van der Waals surface area contributed by atoms with Crippen LogP contribution in [-0.4, -0.2) is 19.5 Å². The number of carbonyl (C=O) groups is 1. The molecule has 1 unspecified atom stereocenters. The molecule has 0 saturated heterocycles. The van der Waals surface area contributed by atoms with E-state index in [2.05, 4.69) is 10.6 Å². The van der Waals surface area contributed by atoms with E-state index >= 15 is 0 Å². The van der Waals surface area contributed by atoms with Crippen molar-refractivity contribution in [2.75, 3.05) is 18.9 Å². The van der Waals surface area contributed by atoms with Crippen molar-refractivity contribution in [3.05, 3.63) is 59.7 Å². The zero-order valence-electron chi connectivity index (χ0n) is 13.2. The number of likely N-dealkylation sites (N-methyl/N-ethyl adjacent to an activating group) is 1. The summed E-state index contributed by atoms with van der Waals surface area (Å²) in [6, 6.07) is 15.8. The number of ether oxygens (including phenoxy) is 1. The van der Waals surface area contributed by atoms with Crippen molar-refractivity contribution in [3.8, 4) is 5.75 Å². The van der Waals surface area contributed by atoms with E-state index in [9.17, 15) is 4.79 Å². The summed E-state index contributed by atoms with van der Waals surface area (Å²) < 4.78 is 5.96. The summed E-state index contributed by atoms with van der Waals surface area (Å²) in [6.07, 6.45) is -0.0228. The van der Waals surface area contributed by atoms with Gasteiger partial charge in [-0.15, -0.1) is 0 Å². The van der Waals surface area contributed by atoms with Crippen LogP contribution in [0.4, 0.5) is 5.69 Å². The molecule has 2 N–H and O–H groups in total. The molecule has 4 nitrogen and oxygen atoms in total. The smallest absolute Gasteiger partial charge is 0.238 e. The summed E-state index contributed by atoms with van der Waals surface area (Å²) in [6.45, 7) is 4.27. The molecular formula is C18H22N2O2. The maximum absolute atomic E-state index is 11.6. The van der Waals surface area contributed by atoms with Gasteiger partial charge in [0.25, 0.3) is 0 Å². The van der Waals surface area contributed by atoms with Crippen LogP contribution in [0.1, 0.15) is 24.2 Å². The first-order valence-corrected chi connectivity index (χ1v) is 7.37. The van der Waals surface area contributed by atoms with Gasteiger partial charge in [-0.3, -0.25) is 4.79 Å². The minimum atomic E-state index is -0.0584. The molecule has 2 aromatic carbocycles. The highest BCUT2D eigenvalue weighted by Crippen LogP contribution is 2.26. The van der Waals surface area contributed by atoms with Gasteiger partial charge in [0.2, 0.25) is 5.91 Å². The van der Waals surface area contributed by atoms with Gasteiger partial charge >= 0.3 is 0 Å². The molecule has 2 rings (SSSR count). The predicted molar refractivity (Wildman–Crippen MR) is 89.2 cm³/mol. The Bertz CT molecular complexity index is 626. The number of nitrogens with one attached hydrogen (secondary N) is 2. The second-order valence-corrected chi connectivity index (χ2v) is 5.23. The summed E-state index contributed by atoms with van der Waals surface area (Å²) in [5, 5.41) is 5.69. The van der Waals surface area contributed by atoms with Crippen LogP contribution in [-0.2, 0) is 4.79 Å². The number of carbonyl (C=O) groups excluding carboxylic acids is 1. The molecule has 0 spiro atoms. The molecule has 0 saturated carbocycles. The average molecular weight is 298 g/mol. The van der Waals surface area contributed by atoms with E-state index in [1.807, 2.05) is 62.4 Å². The zero-order chi connectivity index (χ0) is 15.9. The topological polar surface area (TPSA) is 50.4 Å². The molecular weight excluding hydrogens is 276 g/mol. The van der Waals surface area contributed by atoms with Crippen molar-refractivity contribution in [1.29, 1.82) is 0 Å². The third-order valence-corrected chi connectivity index (χ3v) is 3.39. The fraction of sp³-hybridized carbons (Fsp3) is 0.278. The van der Waals surface area contributed by atoms with E-state index in [4.69, 9.17) is 4.74 Å².